The van der Waals surface area contributed by atoms with Gasteiger partial charge in [0, 0.05) is 12.6 Å². The number of nitrogens with zero attached hydrogens (tertiary/aromatic N) is 1. The highest BCUT2D eigenvalue weighted by atomic mass is 16.6. The normalized spacial score (nSPS) is 23.5. The molecule has 4 heteroatoms. The fourth-order valence-electron chi connectivity index (χ4n) is 2.63. The number of amides is 1. The largest absolute Gasteiger partial charge is 0.444 e. The van der Waals surface area contributed by atoms with Crippen LogP contribution in [0.5, 0.6) is 0 Å². The van der Waals surface area contributed by atoms with E-state index in [2.05, 4.69) is 0 Å². The average molecular weight is 276 g/mol. The maximum absolute atomic E-state index is 12.4. The molecule has 4 nitrogen and oxygen atoms in total. The lowest BCUT2D eigenvalue weighted by molar-refractivity contribution is 0.00646. The summed E-state index contributed by atoms with van der Waals surface area (Å²) in [6.07, 6.45) is 1.57. The Morgan fingerprint density at radius 2 is 1.95 bits per heavy atom. The molecule has 1 aliphatic heterocycles. The van der Waals surface area contributed by atoms with Crippen LogP contribution in [-0.4, -0.2) is 29.2 Å². The van der Waals surface area contributed by atoms with E-state index in [0.717, 1.165) is 18.4 Å². The van der Waals surface area contributed by atoms with Crippen molar-refractivity contribution in [3.63, 3.8) is 0 Å². The summed E-state index contributed by atoms with van der Waals surface area (Å²) in [7, 11) is 0. The summed E-state index contributed by atoms with van der Waals surface area (Å²) in [5.41, 5.74) is 6.84. The van der Waals surface area contributed by atoms with E-state index in [1.54, 1.807) is 4.90 Å². The third-order valence-corrected chi connectivity index (χ3v) is 3.45. The van der Waals surface area contributed by atoms with Gasteiger partial charge in [-0.3, -0.25) is 4.90 Å². The molecule has 2 atom stereocenters. The van der Waals surface area contributed by atoms with Gasteiger partial charge in [-0.1, -0.05) is 30.3 Å². The number of carbonyl (C=O) groups is 1. The highest BCUT2D eigenvalue weighted by Gasteiger charge is 2.35. The number of carbonyl (C=O) groups excluding carboxylic acids is 1. The number of piperidine rings is 1. The molecule has 1 amide bonds. The molecular weight excluding hydrogens is 252 g/mol. The Bertz CT molecular complexity index is 453. The molecular formula is C16H24N2O2. The van der Waals surface area contributed by atoms with Crippen molar-refractivity contribution in [3.8, 4) is 0 Å². The first-order valence-electron chi connectivity index (χ1n) is 7.18. The van der Waals surface area contributed by atoms with Crippen molar-refractivity contribution < 1.29 is 9.53 Å². The molecule has 1 saturated heterocycles. The Hall–Kier alpha value is -1.55. The van der Waals surface area contributed by atoms with E-state index in [1.807, 2.05) is 51.1 Å². The summed E-state index contributed by atoms with van der Waals surface area (Å²) in [6.45, 7) is 6.34. The van der Waals surface area contributed by atoms with Crippen LogP contribution in [0.1, 0.15) is 45.2 Å². The first kappa shape index (κ1) is 14.9. The average Bonchev–Trinajstić information content (AvgIpc) is 2.37. The molecule has 0 saturated carbocycles. The zero-order valence-corrected chi connectivity index (χ0v) is 12.5. The second kappa shape index (κ2) is 5.83. The summed E-state index contributed by atoms with van der Waals surface area (Å²) in [6, 6.07) is 9.82. The quantitative estimate of drug-likeness (QED) is 0.857. The molecule has 1 aromatic carbocycles. The SMILES string of the molecule is CC(C)(C)OC(=O)N1CCCC(N)C1c1ccccc1. The molecule has 2 unspecified atom stereocenters. The highest BCUT2D eigenvalue weighted by Crippen LogP contribution is 2.31. The topological polar surface area (TPSA) is 55.6 Å². The standard InChI is InChI=1S/C16H24N2O2/c1-16(2,3)20-15(19)18-11-7-10-13(17)14(18)12-8-5-4-6-9-12/h4-6,8-9,13-14H,7,10-11,17H2,1-3H3. The van der Waals surface area contributed by atoms with E-state index in [4.69, 9.17) is 10.5 Å². The van der Waals surface area contributed by atoms with E-state index in [-0.39, 0.29) is 18.2 Å². The van der Waals surface area contributed by atoms with Crippen LogP contribution in [0.4, 0.5) is 4.79 Å². The summed E-state index contributed by atoms with van der Waals surface area (Å²) in [4.78, 5) is 14.2. The van der Waals surface area contributed by atoms with Gasteiger partial charge < -0.3 is 10.5 Å². The zero-order valence-electron chi connectivity index (χ0n) is 12.5. The van der Waals surface area contributed by atoms with Gasteiger partial charge in [-0.2, -0.15) is 0 Å². The van der Waals surface area contributed by atoms with Crippen LogP contribution in [0.2, 0.25) is 0 Å². The van der Waals surface area contributed by atoms with Crippen molar-refractivity contribution in [2.45, 2.75) is 51.3 Å². The third kappa shape index (κ3) is 3.51. The minimum Gasteiger partial charge on any atom is -0.444 e. The maximum atomic E-state index is 12.4. The second-order valence-electron chi connectivity index (χ2n) is 6.34. The zero-order chi connectivity index (χ0) is 14.8. The van der Waals surface area contributed by atoms with Crippen LogP contribution in [0.15, 0.2) is 30.3 Å². The number of rotatable bonds is 1. The number of ether oxygens (including phenoxy) is 1. The lowest BCUT2D eigenvalue weighted by Gasteiger charge is -2.40. The van der Waals surface area contributed by atoms with Gasteiger partial charge in [0.05, 0.1) is 6.04 Å². The Morgan fingerprint density at radius 3 is 2.55 bits per heavy atom. The predicted molar refractivity (Wildman–Crippen MR) is 79.3 cm³/mol. The number of nitrogens with two attached hydrogens (primary N) is 1. The van der Waals surface area contributed by atoms with E-state index in [9.17, 15) is 4.79 Å². The van der Waals surface area contributed by atoms with E-state index >= 15 is 0 Å². The Labute approximate surface area is 120 Å². The Kier molecular flexibility index (Phi) is 4.33. The van der Waals surface area contributed by atoms with E-state index in [1.165, 1.54) is 0 Å². The van der Waals surface area contributed by atoms with Gasteiger partial charge in [-0.05, 0) is 39.2 Å². The van der Waals surface area contributed by atoms with Crippen molar-refractivity contribution >= 4 is 6.09 Å². The van der Waals surface area contributed by atoms with E-state index < -0.39 is 5.60 Å². The first-order valence-corrected chi connectivity index (χ1v) is 7.18. The van der Waals surface area contributed by atoms with Crippen molar-refractivity contribution in [1.82, 2.24) is 4.90 Å². The monoisotopic (exact) mass is 276 g/mol. The van der Waals surface area contributed by atoms with Gasteiger partial charge in [-0.15, -0.1) is 0 Å². The van der Waals surface area contributed by atoms with Crippen LogP contribution < -0.4 is 5.73 Å². The van der Waals surface area contributed by atoms with Gasteiger partial charge in [0.25, 0.3) is 0 Å². The van der Waals surface area contributed by atoms with Crippen LogP contribution in [0.3, 0.4) is 0 Å². The van der Waals surface area contributed by atoms with Crippen LogP contribution in [-0.2, 0) is 4.74 Å². The molecule has 1 fully saturated rings. The lowest BCUT2D eigenvalue weighted by Crippen LogP contribution is -2.49. The van der Waals surface area contributed by atoms with Gasteiger partial charge in [0.2, 0.25) is 0 Å². The molecule has 2 N–H and O–H groups in total. The summed E-state index contributed by atoms with van der Waals surface area (Å²) in [5, 5.41) is 0. The van der Waals surface area contributed by atoms with Gasteiger partial charge in [-0.25, -0.2) is 4.79 Å². The fraction of sp³-hybridized carbons (Fsp3) is 0.562. The molecule has 20 heavy (non-hydrogen) atoms. The summed E-state index contributed by atoms with van der Waals surface area (Å²) >= 11 is 0. The minimum atomic E-state index is -0.486. The first-order chi connectivity index (χ1) is 9.38. The van der Waals surface area contributed by atoms with Crippen LogP contribution >= 0.6 is 0 Å². The fourth-order valence-corrected chi connectivity index (χ4v) is 2.63. The molecule has 0 aromatic heterocycles. The van der Waals surface area contributed by atoms with Gasteiger partial charge >= 0.3 is 6.09 Å². The molecule has 0 radical (unpaired) electrons. The number of hydrogen-bond acceptors (Lipinski definition) is 3. The lowest BCUT2D eigenvalue weighted by atomic mass is 9.91. The molecule has 0 aliphatic carbocycles. The van der Waals surface area contributed by atoms with Crippen LogP contribution in [0.25, 0.3) is 0 Å². The summed E-state index contributed by atoms with van der Waals surface area (Å²) in [5.74, 6) is 0. The van der Waals surface area contributed by atoms with Crippen molar-refractivity contribution in [2.75, 3.05) is 6.54 Å². The molecule has 1 aliphatic rings. The highest BCUT2D eigenvalue weighted by molar-refractivity contribution is 5.69. The molecule has 0 bridgehead atoms. The third-order valence-electron chi connectivity index (χ3n) is 3.45. The molecule has 1 heterocycles. The number of likely N-dealkylation sites (tertiary alicyclic amines) is 1. The minimum absolute atomic E-state index is 0.0429. The molecule has 2 rings (SSSR count). The van der Waals surface area contributed by atoms with Gasteiger partial charge in [0.1, 0.15) is 5.60 Å². The van der Waals surface area contributed by atoms with Crippen molar-refractivity contribution in [1.29, 1.82) is 0 Å². The summed E-state index contributed by atoms with van der Waals surface area (Å²) < 4.78 is 5.51. The molecule has 110 valence electrons. The second-order valence-corrected chi connectivity index (χ2v) is 6.34. The Morgan fingerprint density at radius 1 is 1.30 bits per heavy atom. The van der Waals surface area contributed by atoms with Crippen molar-refractivity contribution in [3.05, 3.63) is 35.9 Å². The number of benzene rings is 1. The molecule has 1 aromatic rings. The Balaban J connectivity index is 2.23. The smallest absolute Gasteiger partial charge is 0.410 e. The predicted octanol–water partition coefficient (Wildman–Crippen LogP) is 3.09. The van der Waals surface area contributed by atoms with Gasteiger partial charge in [0.15, 0.2) is 0 Å². The van der Waals surface area contributed by atoms with Crippen LogP contribution in [0, 0.1) is 0 Å². The van der Waals surface area contributed by atoms with Crippen molar-refractivity contribution in [2.24, 2.45) is 5.73 Å². The van der Waals surface area contributed by atoms with E-state index in [0.29, 0.717) is 6.54 Å². The maximum Gasteiger partial charge on any atom is 0.410 e. The number of hydrogen-bond donors (Lipinski definition) is 1. The molecule has 0 spiro atoms.